The molecule has 0 spiro atoms. The number of carbonyl (C=O) groups excluding carboxylic acids is 1. The number of nitrogens with zero attached hydrogens (tertiary/aromatic N) is 2. The van der Waals surface area contributed by atoms with Gasteiger partial charge >= 0.3 is 0 Å². The molecule has 3 aromatic rings. The van der Waals surface area contributed by atoms with Gasteiger partial charge in [0, 0.05) is 12.1 Å². The highest BCUT2D eigenvalue weighted by Gasteiger charge is 2.25. The minimum atomic E-state index is -0.648. The number of hydrogen-bond donors (Lipinski definition) is 1. The summed E-state index contributed by atoms with van der Waals surface area (Å²) in [5, 5.41) is 20.7. The van der Waals surface area contributed by atoms with Gasteiger partial charge in [0.25, 0.3) is 5.56 Å². The lowest BCUT2D eigenvalue weighted by molar-refractivity contribution is 0.103. The van der Waals surface area contributed by atoms with E-state index in [9.17, 15) is 20.0 Å². The Hall–Kier alpha value is -4.25. The highest BCUT2D eigenvalue weighted by molar-refractivity contribution is 6.11. The predicted octanol–water partition coefficient (Wildman–Crippen LogP) is 4.79. The summed E-state index contributed by atoms with van der Waals surface area (Å²) in [6, 6.07) is 13.9. The maximum absolute atomic E-state index is 13.4. The Morgan fingerprint density at radius 2 is 1.76 bits per heavy atom. The molecular formula is C29H32N2O6. The maximum atomic E-state index is 13.4. The zero-order valence-corrected chi connectivity index (χ0v) is 21.7. The summed E-state index contributed by atoms with van der Waals surface area (Å²) in [7, 11) is 3.07. The third-order valence-corrected chi connectivity index (χ3v) is 6.23. The number of pyridine rings is 1. The molecule has 1 heterocycles. The number of ether oxygens (including phenoxy) is 3. The van der Waals surface area contributed by atoms with Crippen molar-refractivity contribution in [1.29, 1.82) is 5.26 Å². The number of unbranched alkanes of at least 4 members (excludes halogenated alkanes) is 2. The number of rotatable bonds is 12. The van der Waals surface area contributed by atoms with E-state index in [1.807, 2.05) is 12.1 Å². The number of aromatic hydroxyl groups is 1. The third-order valence-electron chi connectivity index (χ3n) is 6.23. The Kier molecular flexibility index (Phi) is 9.33. The van der Waals surface area contributed by atoms with Gasteiger partial charge in [-0.25, -0.2) is 0 Å². The minimum Gasteiger partial charge on any atom is -0.494 e. The molecule has 37 heavy (non-hydrogen) atoms. The topological polar surface area (TPSA) is 111 Å². The van der Waals surface area contributed by atoms with Crippen LogP contribution in [0.4, 0.5) is 0 Å². The number of hydrogen-bond acceptors (Lipinski definition) is 7. The first-order valence-corrected chi connectivity index (χ1v) is 12.2. The zero-order chi connectivity index (χ0) is 26.9. The normalized spacial score (nSPS) is 10.6. The van der Waals surface area contributed by atoms with Gasteiger partial charge in [-0.2, -0.15) is 5.26 Å². The van der Waals surface area contributed by atoms with Crippen LogP contribution in [0.5, 0.6) is 23.1 Å². The fourth-order valence-corrected chi connectivity index (χ4v) is 4.10. The smallest absolute Gasteiger partial charge is 0.271 e. The van der Waals surface area contributed by atoms with Crippen LogP contribution in [0.1, 0.15) is 58.8 Å². The molecule has 0 atom stereocenters. The Balaban J connectivity index is 1.91. The molecular weight excluding hydrogens is 472 g/mol. The zero-order valence-electron chi connectivity index (χ0n) is 21.7. The van der Waals surface area contributed by atoms with Crippen molar-refractivity contribution in [3.8, 4) is 29.2 Å². The van der Waals surface area contributed by atoms with E-state index in [0.717, 1.165) is 29.4 Å². The average molecular weight is 505 g/mol. The van der Waals surface area contributed by atoms with E-state index in [1.54, 1.807) is 36.4 Å². The van der Waals surface area contributed by atoms with Crippen molar-refractivity contribution in [2.75, 3.05) is 20.8 Å². The molecule has 0 aliphatic carbocycles. The molecule has 8 nitrogen and oxygen atoms in total. The number of carbonyl (C=O) groups is 1. The van der Waals surface area contributed by atoms with Gasteiger partial charge in [0.2, 0.25) is 5.88 Å². The van der Waals surface area contributed by atoms with E-state index in [-0.39, 0.29) is 23.2 Å². The number of ketones is 1. The lowest BCUT2D eigenvalue weighted by Crippen LogP contribution is -2.27. The fourth-order valence-electron chi connectivity index (χ4n) is 4.10. The Morgan fingerprint density at radius 3 is 2.38 bits per heavy atom. The van der Waals surface area contributed by atoms with E-state index in [4.69, 9.17) is 14.2 Å². The van der Waals surface area contributed by atoms with Gasteiger partial charge in [-0.05, 0) is 67.3 Å². The van der Waals surface area contributed by atoms with Gasteiger partial charge in [0.15, 0.2) is 17.3 Å². The second kappa shape index (κ2) is 12.6. The molecule has 3 rings (SSSR count). The highest BCUT2D eigenvalue weighted by Crippen LogP contribution is 2.29. The van der Waals surface area contributed by atoms with Crippen molar-refractivity contribution < 1.29 is 24.1 Å². The standard InChI is InChI=1S/C29H32N2O6/c1-5-6-7-16-37-22-11-9-21(10-12-22)27(32)26-19(2)23(18-30)28(33)31(29(26)34)15-14-20-8-13-24(35-3)25(17-20)36-4/h8-13,17,34H,5-7,14-16H2,1-4H3. The number of benzene rings is 2. The number of aryl methyl sites for hydroxylation is 1. The maximum Gasteiger partial charge on any atom is 0.271 e. The average Bonchev–Trinajstić information content (AvgIpc) is 2.91. The van der Waals surface area contributed by atoms with Gasteiger partial charge in [-0.3, -0.25) is 14.2 Å². The highest BCUT2D eigenvalue weighted by atomic mass is 16.5. The monoisotopic (exact) mass is 504 g/mol. The van der Waals surface area contributed by atoms with Crippen LogP contribution >= 0.6 is 0 Å². The van der Waals surface area contributed by atoms with Crippen LogP contribution < -0.4 is 19.8 Å². The SMILES string of the molecule is CCCCCOc1ccc(C(=O)c2c(C)c(C#N)c(=O)n(CCc3ccc(OC)c(OC)c3)c2O)cc1. The Labute approximate surface area is 216 Å². The third kappa shape index (κ3) is 6.12. The van der Waals surface area contributed by atoms with E-state index >= 15 is 0 Å². The molecule has 0 amide bonds. The van der Waals surface area contributed by atoms with Crippen molar-refractivity contribution in [3.63, 3.8) is 0 Å². The molecule has 0 aliphatic rings. The molecule has 0 fully saturated rings. The quantitative estimate of drug-likeness (QED) is 0.279. The molecule has 0 saturated heterocycles. The van der Waals surface area contributed by atoms with E-state index in [1.165, 1.54) is 21.1 Å². The minimum absolute atomic E-state index is 0.0555. The van der Waals surface area contributed by atoms with Crippen molar-refractivity contribution in [1.82, 2.24) is 4.57 Å². The molecule has 0 radical (unpaired) electrons. The lowest BCUT2D eigenvalue weighted by atomic mass is 9.97. The molecule has 0 aliphatic heterocycles. The summed E-state index contributed by atoms with van der Waals surface area (Å²) >= 11 is 0. The van der Waals surface area contributed by atoms with Gasteiger partial charge in [0.1, 0.15) is 17.4 Å². The van der Waals surface area contributed by atoms with Crippen LogP contribution in [0.3, 0.4) is 0 Å². The first-order valence-electron chi connectivity index (χ1n) is 12.2. The molecule has 1 N–H and O–H groups in total. The molecule has 0 bridgehead atoms. The first kappa shape index (κ1) is 27.3. The van der Waals surface area contributed by atoms with Crippen molar-refractivity contribution in [3.05, 3.63) is 80.6 Å². The lowest BCUT2D eigenvalue weighted by Gasteiger charge is -2.16. The summed E-state index contributed by atoms with van der Waals surface area (Å²) in [5.41, 5.74) is 0.394. The molecule has 2 aromatic carbocycles. The Morgan fingerprint density at radius 1 is 1.05 bits per heavy atom. The Bertz CT molecular complexity index is 1350. The van der Waals surface area contributed by atoms with Crippen LogP contribution in [-0.2, 0) is 13.0 Å². The van der Waals surface area contributed by atoms with Gasteiger partial charge in [-0.15, -0.1) is 0 Å². The van der Waals surface area contributed by atoms with E-state index in [2.05, 4.69) is 6.92 Å². The second-order valence-corrected chi connectivity index (χ2v) is 8.62. The summed E-state index contributed by atoms with van der Waals surface area (Å²) in [6.45, 7) is 4.27. The van der Waals surface area contributed by atoms with Crippen LogP contribution in [-0.4, -0.2) is 36.3 Å². The summed E-state index contributed by atoms with van der Waals surface area (Å²) in [5.74, 6) is 0.799. The van der Waals surface area contributed by atoms with Crippen LogP contribution in [0.15, 0.2) is 47.3 Å². The van der Waals surface area contributed by atoms with Gasteiger partial charge < -0.3 is 19.3 Å². The molecule has 1 aromatic heterocycles. The van der Waals surface area contributed by atoms with Gasteiger partial charge in [0.05, 0.1) is 26.4 Å². The summed E-state index contributed by atoms with van der Waals surface area (Å²) < 4.78 is 17.4. The molecule has 194 valence electrons. The summed E-state index contributed by atoms with van der Waals surface area (Å²) in [4.78, 5) is 26.4. The van der Waals surface area contributed by atoms with E-state index < -0.39 is 17.2 Å². The fraction of sp³-hybridized carbons (Fsp3) is 0.345. The van der Waals surface area contributed by atoms with Crippen molar-refractivity contribution in [2.24, 2.45) is 0 Å². The molecule has 0 unspecified atom stereocenters. The summed E-state index contributed by atoms with van der Waals surface area (Å²) in [6.07, 6.45) is 3.48. The largest absolute Gasteiger partial charge is 0.494 e. The van der Waals surface area contributed by atoms with E-state index in [0.29, 0.717) is 35.8 Å². The van der Waals surface area contributed by atoms with Crippen LogP contribution in [0.2, 0.25) is 0 Å². The van der Waals surface area contributed by atoms with Gasteiger partial charge in [-0.1, -0.05) is 25.8 Å². The predicted molar refractivity (Wildman–Crippen MR) is 140 cm³/mol. The number of aromatic nitrogens is 1. The second-order valence-electron chi connectivity index (χ2n) is 8.62. The van der Waals surface area contributed by atoms with Crippen LogP contribution in [0, 0.1) is 18.3 Å². The molecule has 8 heteroatoms. The van der Waals surface area contributed by atoms with Crippen molar-refractivity contribution >= 4 is 5.78 Å². The van der Waals surface area contributed by atoms with Crippen LogP contribution in [0.25, 0.3) is 0 Å². The number of nitriles is 1. The molecule has 0 saturated carbocycles. The van der Waals surface area contributed by atoms with Crippen molar-refractivity contribution in [2.45, 2.75) is 46.1 Å². The first-order chi connectivity index (χ1) is 17.9. The number of methoxy groups -OCH3 is 2.